The van der Waals surface area contributed by atoms with Gasteiger partial charge in [0.25, 0.3) is 0 Å². The van der Waals surface area contributed by atoms with Gasteiger partial charge in [-0.2, -0.15) is 10.5 Å². The number of nitriles is 2. The van der Waals surface area contributed by atoms with Crippen molar-refractivity contribution in [3.63, 3.8) is 0 Å². The highest BCUT2D eigenvalue weighted by Gasteiger charge is 2.47. The van der Waals surface area contributed by atoms with Gasteiger partial charge in [-0.1, -0.05) is 6.92 Å². The number of aromatic nitrogens is 3. The number of carbonyl (C=O) groups is 1. The molecule has 4 heterocycles. The molecule has 1 saturated heterocycles. The Balaban J connectivity index is 1.74. The van der Waals surface area contributed by atoms with Crippen LogP contribution in [0.4, 0.5) is 21.8 Å². The molecular formula is C26H31FN8O2. The lowest BCUT2D eigenvalue weighted by atomic mass is 9.85. The summed E-state index contributed by atoms with van der Waals surface area (Å²) in [7, 11) is 1.65. The van der Waals surface area contributed by atoms with E-state index in [1.165, 1.54) is 13.3 Å². The van der Waals surface area contributed by atoms with E-state index in [9.17, 15) is 19.7 Å². The molecule has 2 aromatic rings. The Hall–Kier alpha value is -3.83. The second kappa shape index (κ2) is 9.91. The van der Waals surface area contributed by atoms with Gasteiger partial charge in [-0.05, 0) is 32.9 Å². The Morgan fingerprint density at radius 2 is 1.97 bits per heavy atom. The van der Waals surface area contributed by atoms with Crippen molar-refractivity contribution in [2.75, 3.05) is 49.8 Å². The van der Waals surface area contributed by atoms with Crippen molar-refractivity contribution in [1.29, 1.82) is 10.5 Å². The fourth-order valence-corrected chi connectivity index (χ4v) is 5.25. The number of piperazine rings is 1. The maximum absolute atomic E-state index is 13.6. The van der Waals surface area contributed by atoms with Gasteiger partial charge in [-0.15, -0.1) is 0 Å². The molecule has 2 aromatic heterocycles. The molecule has 0 aliphatic carbocycles. The predicted octanol–water partition coefficient (Wildman–Crippen LogP) is 2.72. The normalized spacial score (nSPS) is 24.7. The zero-order valence-corrected chi connectivity index (χ0v) is 21.8. The number of rotatable bonds is 6. The molecule has 4 rings (SSSR count). The van der Waals surface area contributed by atoms with Crippen LogP contribution in [-0.4, -0.2) is 77.9 Å². The second-order valence-corrected chi connectivity index (χ2v) is 10.4. The molecule has 0 spiro atoms. The van der Waals surface area contributed by atoms with E-state index in [-0.39, 0.29) is 12.1 Å². The average molecular weight is 507 g/mol. The van der Waals surface area contributed by atoms with Crippen molar-refractivity contribution in [3.05, 3.63) is 35.8 Å². The van der Waals surface area contributed by atoms with E-state index in [0.29, 0.717) is 43.4 Å². The molecule has 4 atom stereocenters. The number of nitrogens with zero attached hydrogens (tertiary/aromatic N) is 8. The monoisotopic (exact) mass is 506 g/mol. The lowest BCUT2D eigenvalue weighted by Gasteiger charge is -2.46. The van der Waals surface area contributed by atoms with Crippen LogP contribution in [0.1, 0.15) is 38.8 Å². The lowest BCUT2D eigenvalue weighted by molar-refractivity contribution is -0.142. The number of halogens is 1. The van der Waals surface area contributed by atoms with Crippen LogP contribution in [0.15, 0.2) is 24.7 Å². The molecule has 2 aliphatic heterocycles. The van der Waals surface area contributed by atoms with E-state index in [1.807, 2.05) is 24.8 Å². The number of hydrogen-bond acceptors (Lipinski definition) is 9. The molecule has 0 radical (unpaired) electrons. The summed E-state index contributed by atoms with van der Waals surface area (Å²) < 4.78 is 19.2. The lowest BCUT2D eigenvalue weighted by Crippen LogP contribution is -2.61. The molecule has 1 fully saturated rings. The number of amides is 1. The number of ether oxygens (including phenoxy) is 1. The topological polar surface area (TPSA) is 122 Å². The number of pyridine rings is 1. The first-order valence-electron chi connectivity index (χ1n) is 12.2. The fraction of sp³-hybridized carbons (Fsp3) is 0.538. The highest BCUT2D eigenvalue weighted by atomic mass is 19.1. The maximum Gasteiger partial charge on any atom is 0.245 e. The third-order valence-corrected chi connectivity index (χ3v) is 7.29. The molecule has 2 aliphatic rings. The molecule has 1 amide bonds. The van der Waals surface area contributed by atoms with Crippen LogP contribution in [0, 0.1) is 28.1 Å². The van der Waals surface area contributed by atoms with E-state index in [1.54, 1.807) is 30.3 Å². The van der Waals surface area contributed by atoms with Crippen LogP contribution in [-0.2, 0) is 14.9 Å². The largest absolute Gasteiger partial charge is 0.384 e. The molecule has 10 nitrogen and oxygen atoms in total. The highest BCUT2D eigenvalue weighted by Crippen LogP contribution is 2.47. The third-order valence-electron chi connectivity index (χ3n) is 7.29. The fourth-order valence-electron chi connectivity index (χ4n) is 5.25. The van der Waals surface area contributed by atoms with Crippen LogP contribution in [0.25, 0.3) is 0 Å². The smallest absolute Gasteiger partial charge is 0.245 e. The van der Waals surface area contributed by atoms with Crippen molar-refractivity contribution in [2.24, 2.45) is 5.41 Å². The third kappa shape index (κ3) is 4.44. The Labute approximate surface area is 216 Å². The molecule has 11 heteroatoms. The molecule has 0 aromatic carbocycles. The van der Waals surface area contributed by atoms with Crippen LogP contribution in [0.3, 0.4) is 0 Å². The number of hydrogen-bond donors (Lipinski definition) is 0. The number of alkyl halides is 1. The van der Waals surface area contributed by atoms with Crippen LogP contribution >= 0.6 is 0 Å². The molecular weight excluding hydrogens is 475 g/mol. The summed E-state index contributed by atoms with van der Waals surface area (Å²) in [6.45, 7) is 8.00. The standard InChI is InChI=1S/C26H31FN8O2/c1-17-11-34(24(36)25(3,12-27)13-29)18(2)10-33(17)22-21-23(32-16-31-22)35(14-26(21,4)15-37-5)20-8-19(9-28)6-7-30-20/h6-8,16-18H,10-12,14-15H2,1-5H3/t17-,18+,25?,26?/m0/s1. The Morgan fingerprint density at radius 1 is 1.24 bits per heavy atom. The molecule has 2 unspecified atom stereocenters. The van der Waals surface area contributed by atoms with Gasteiger partial charge >= 0.3 is 0 Å². The van der Waals surface area contributed by atoms with Crippen molar-refractivity contribution >= 4 is 23.4 Å². The van der Waals surface area contributed by atoms with Gasteiger partial charge < -0.3 is 19.4 Å². The van der Waals surface area contributed by atoms with Gasteiger partial charge in [0.1, 0.15) is 30.5 Å². The van der Waals surface area contributed by atoms with Gasteiger partial charge in [-0.25, -0.2) is 19.3 Å². The van der Waals surface area contributed by atoms with Crippen molar-refractivity contribution in [2.45, 2.75) is 45.2 Å². The van der Waals surface area contributed by atoms with E-state index in [4.69, 9.17) is 9.72 Å². The molecule has 194 valence electrons. The van der Waals surface area contributed by atoms with E-state index >= 15 is 0 Å². The second-order valence-electron chi connectivity index (χ2n) is 10.4. The number of fused-ring (bicyclic) bond motifs is 1. The van der Waals surface area contributed by atoms with Crippen LogP contribution in [0.5, 0.6) is 0 Å². The van der Waals surface area contributed by atoms with E-state index in [2.05, 4.69) is 27.9 Å². The average Bonchev–Trinajstić information content (AvgIpc) is 3.21. The summed E-state index contributed by atoms with van der Waals surface area (Å²) in [5.74, 6) is 1.55. The summed E-state index contributed by atoms with van der Waals surface area (Å²) in [4.78, 5) is 32.6. The maximum atomic E-state index is 13.6. The van der Waals surface area contributed by atoms with Gasteiger partial charge in [0.2, 0.25) is 5.91 Å². The highest BCUT2D eigenvalue weighted by molar-refractivity contribution is 5.86. The van der Waals surface area contributed by atoms with Gasteiger partial charge in [0.05, 0.1) is 24.3 Å². The Morgan fingerprint density at radius 3 is 2.62 bits per heavy atom. The summed E-state index contributed by atoms with van der Waals surface area (Å²) in [5.41, 5.74) is -0.768. The quantitative estimate of drug-likeness (QED) is 0.582. The molecule has 0 N–H and O–H groups in total. The summed E-state index contributed by atoms with van der Waals surface area (Å²) in [6, 6.07) is 6.97. The minimum absolute atomic E-state index is 0.150. The molecule has 0 saturated carbocycles. The minimum atomic E-state index is -1.70. The van der Waals surface area contributed by atoms with Crippen LogP contribution in [0.2, 0.25) is 0 Å². The summed E-state index contributed by atoms with van der Waals surface area (Å²) >= 11 is 0. The van der Waals surface area contributed by atoms with Crippen LogP contribution < -0.4 is 9.80 Å². The first-order valence-corrected chi connectivity index (χ1v) is 12.2. The van der Waals surface area contributed by atoms with Gasteiger partial charge in [-0.3, -0.25) is 4.79 Å². The molecule has 0 bridgehead atoms. The van der Waals surface area contributed by atoms with E-state index < -0.39 is 23.4 Å². The zero-order chi connectivity index (χ0) is 27.0. The SMILES string of the molecule is COCC1(C)CN(c2cc(C#N)ccn2)c2ncnc(N3C[C@@H](C)N(C(=O)C(C)(C#N)CF)C[C@@H]3C)c21. The van der Waals surface area contributed by atoms with Gasteiger partial charge in [0, 0.05) is 56.0 Å². The minimum Gasteiger partial charge on any atom is -0.384 e. The predicted molar refractivity (Wildman–Crippen MR) is 135 cm³/mol. The first kappa shape index (κ1) is 26.2. The van der Waals surface area contributed by atoms with Crippen molar-refractivity contribution < 1.29 is 13.9 Å². The molecule has 37 heavy (non-hydrogen) atoms. The van der Waals surface area contributed by atoms with Crippen molar-refractivity contribution in [1.82, 2.24) is 19.9 Å². The number of carbonyl (C=O) groups excluding carboxylic acids is 1. The van der Waals surface area contributed by atoms with Crippen molar-refractivity contribution in [3.8, 4) is 12.1 Å². The summed E-state index contributed by atoms with van der Waals surface area (Å²) in [6.07, 6.45) is 3.12. The Kier molecular flexibility index (Phi) is 7.03. The van der Waals surface area contributed by atoms with Gasteiger partial charge in [0.15, 0.2) is 5.41 Å². The Bertz CT molecular complexity index is 1280. The van der Waals surface area contributed by atoms with E-state index in [0.717, 1.165) is 11.4 Å². The first-order chi connectivity index (χ1) is 17.6. The number of anilines is 3. The summed E-state index contributed by atoms with van der Waals surface area (Å²) in [5, 5.41) is 18.8. The zero-order valence-electron chi connectivity index (χ0n) is 21.8. The number of methoxy groups -OCH3 is 1.